The second-order valence-corrected chi connectivity index (χ2v) is 4.45. The quantitative estimate of drug-likeness (QED) is 0.856. The van der Waals surface area contributed by atoms with Gasteiger partial charge in [-0.2, -0.15) is 0 Å². The highest BCUT2D eigenvalue weighted by atomic mass is 16.4. The largest absolute Gasteiger partial charge is 0.480 e. The molecule has 2 N–H and O–H groups in total. The van der Waals surface area contributed by atoms with Crippen molar-refractivity contribution in [1.29, 1.82) is 0 Å². The van der Waals surface area contributed by atoms with Crippen LogP contribution in [0.4, 0.5) is 4.79 Å². The van der Waals surface area contributed by atoms with E-state index in [1.807, 2.05) is 26.8 Å². The number of rotatable bonds is 5. The van der Waals surface area contributed by atoms with E-state index in [-0.39, 0.29) is 12.6 Å². The molecule has 6 heteroatoms. The van der Waals surface area contributed by atoms with Gasteiger partial charge in [0, 0.05) is 12.1 Å². The smallest absolute Gasteiger partial charge is 0.323 e. The Bertz CT molecular complexity index is 467. The van der Waals surface area contributed by atoms with Crippen molar-refractivity contribution in [2.75, 3.05) is 13.1 Å². The van der Waals surface area contributed by atoms with Crippen molar-refractivity contribution in [3.63, 3.8) is 0 Å². The number of likely N-dealkylation sites (N-methyl/N-ethyl adjacent to an activating group) is 1. The number of nitrogens with one attached hydrogen (secondary N) is 1. The highest BCUT2D eigenvalue weighted by Crippen LogP contribution is 2.21. The van der Waals surface area contributed by atoms with Crippen LogP contribution in [-0.4, -0.2) is 35.1 Å². The first-order valence-corrected chi connectivity index (χ1v) is 6.19. The molecule has 1 aromatic heterocycles. The monoisotopic (exact) mass is 268 g/mol. The Balaban J connectivity index is 2.70. The van der Waals surface area contributed by atoms with E-state index in [4.69, 9.17) is 9.52 Å². The topological polar surface area (TPSA) is 82.8 Å². The third kappa shape index (κ3) is 4.01. The summed E-state index contributed by atoms with van der Waals surface area (Å²) in [5, 5.41) is 11.5. The maximum absolute atomic E-state index is 11.9. The number of nitrogens with zero attached hydrogens (tertiary/aromatic N) is 1. The minimum Gasteiger partial charge on any atom is -0.480 e. The summed E-state index contributed by atoms with van der Waals surface area (Å²) >= 11 is 0. The Hall–Kier alpha value is -1.98. The molecule has 0 radical (unpaired) electrons. The van der Waals surface area contributed by atoms with Crippen LogP contribution in [0.15, 0.2) is 10.5 Å². The number of amides is 2. The lowest BCUT2D eigenvalue weighted by Gasteiger charge is -2.22. The van der Waals surface area contributed by atoms with Crippen LogP contribution in [0.2, 0.25) is 0 Å². The van der Waals surface area contributed by atoms with Crippen LogP contribution in [0.3, 0.4) is 0 Å². The van der Waals surface area contributed by atoms with Gasteiger partial charge in [0.2, 0.25) is 0 Å². The van der Waals surface area contributed by atoms with Crippen molar-refractivity contribution >= 4 is 12.0 Å². The van der Waals surface area contributed by atoms with Crippen LogP contribution in [0, 0.1) is 13.8 Å². The molecule has 0 saturated heterocycles. The van der Waals surface area contributed by atoms with Crippen molar-refractivity contribution in [1.82, 2.24) is 10.2 Å². The third-order valence-electron chi connectivity index (χ3n) is 2.88. The molecule has 0 aliphatic carbocycles. The van der Waals surface area contributed by atoms with E-state index in [1.54, 1.807) is 6.92 Å². The Morgan fingerprint density at radius 3 is 2.53 bits per heavy atom. The summed E-state index contributed by atoms with van der Waals surface area (Å²) in [4.78, 5) is 23.8. The number of carboxylic acid groups (broad SMARTS) is 1. The molecule has 0 saturated carbocycles. The number of carbonyl (C=O) groups is 2. The van der Waals surface area contributed by atoms with Gasteiger partial charge in [0.15, 0.2) is 0 Å². The molecule has 106 valence electrons. The number of carbonyl (C=O) groups excluding carboxylic acids is 1. The molecule has 1 rings (SSSR count). The molecule has 0 spiro atoms. The van der Waals surface area contributed by atoms with Crippen molar-refractivity contribution in [3.8, 4) is 0 Å². The summed E-state index contributed by atoms with van der Waals surface area (Å²) in [7, 11) is 0. The van der Waals surface area contributed by atoms with Crippen LogP contribution in [-0.2, 0) is 4.79 Å². The number of furan rings is 1. The lowest BCUT2D eigenvalue weighted by molar-refractivity contribution is -0.137. The summed E-state index contributed by atoms with van der Waals surface area (Å²) in [5.41, 5.74) is 0.900. The highest BCUT2D eigenvalue weighted by Gasteiger charge is 2.19. The zero-order chi connectivity index (χ0) is 14.6. The van der Waals surface area contributed by atoms with E-state index < -0.39 is 12.0 Å². The van der Waals surface area contributed by atoms with Crippen LogP contribution >= 0.6 is 0 Å². The molecule has 6 nitrogen and oxygen atoms in total. The normalized spacial score (nSPS) is 12.0. The number of aryl methyl sites for hydroxylation is 2. The van der Waals surface area contributed by atoms with Crippen LogP contribution in [0.1, 0.15) is 37.0 Å². The van der Waals surface area contributed by atoms with E-state index in [2.05, 4.69) is 5.32 Å². The van der Waals surface area contributed by atoms with Crippen molar-refractivity contribution < 1.29 is 19.1 Å². The van der Waals surface area contributed by atoms with E-state index in [0.717, 1.165) is 17.1 Å². The van der Waals surface area contributed by atoms with Crippen LogP contribution < -0.4 is 5.32 Å². The molecule has 2 amide bonds. The maximum atomic E-state index is 11.9. The Morgan fingerprint density at radius 2 is 2.11 bits per heavy atom. The van der Waals surface area contributed by atoms with E-state index >= 15 is 0 Å². The van der Waals surface area contributed by atoms with E-state index in [1.165, 1.54) is 4.90 Å². The molecule has 0 fully saturated rings. The summed E-state index contributed by atoms with van der Waals surface area (Å²) < 4.78 is 5.41. The van der Waals surface area contributed by atoms with Gasteiger partial charge in [0.1, 0.15) is 18.1 Å². The van der Waals surface area contributed by atoms with Gasteiger partial charge < -0.3 is 19.7 Å². The van der Waals surface area contributed by atoms with E-state index in [0.29, 0.717) is 6.54 Å². The highest BCUT2D eigenvalue weighted by molar-refractivity contribution is 5.80. The van der Waals surface area contributed by atoms with Gasteiger partial charge >= 0.3 is 12.0 Å². The Labute approximate surface area is 112 Å². The minimum atomic E-state index is -1.03. The van der Waals surface area contributed by atoms with Gasteiger partial charge in [-0.3, -0.25) is 4.79 Å². The molecule has 1 atom stereocenters. The van der Waals surface area contributed by atoms with Gasteiger partial charge in [0.25, 0.3) is 0 Å². The lowest BCUT2D eigenvalue weighted by atomic mass is 10.1. The first-order chi connectivity index (χ1) is 8.85. The van der Waals surface area contributed by atoms with Crippen molar-refractivity contribution in [3.05, 3.63) is 23.2 Å². The predicted molar refractivity (Wildman–Crippen MR) is 70.0 cm³/mol. The molecule has 0 bridgehead atoms. The fourth-order valence-corrected chi connectivity index (χ4v) is 1.93. The van der Waals surface area contributed by atoms with Crippen LogP contribution in [0.5, 0.6) is 0 Å². The second-order valence-electron chi connectivity index (χ2n) is 4.45. The van der Waals surface area contributed by atoms with Crippen molar-refractivity contribution in [2.24, 2.45) is 0 Å². The summed E-state index contributed by atoms with van der Waals surface area (Å²) in [6.07, 6.45) is 0. The molecule has 19 heavy (non-hydrogen) atoms. The first kappa shape index (κ1) is 15.1. The Morgan fingerprint density at radius 1 is 1.47 bits per heavy atom. The third-order valence-corrected chi connectivity index (χ3v) is 2.88. The van der Waals surface area contributed by atoms with Crippen LogP contribution in [0.25, 0.3) is 0 Å². The predicted octanol–water partition coefficient (Wildman–Crippen LogP) is 2.07. The second kappa shape index (κ2) is 6.26. The molecule has 1 heterocycles. The standard InChI is InChI=1S/C13H20N2O4/c1-5-15(7-12(16)17)13(18)14-9(3)11-6-8(2)19-10(11)4/h6,9H,5,7H2,1-4H3,(H,14,18)(H,16,17). The molecule has 0 aliphatic rings. The molecule has 1 aromatic rings. The number of urea groups is 1. The molecular formula is C13H20N2O4. The molecule has 0 aliphatic heterocycles. The zero-order valence-corrected chi connectivity index (χ0v) is 11.7. The average molecular weight is 268 g/mol. The average Bonchev–Trinajstić information content (AvgIpc) is 2.64. The van der Waals surface area contributed by atoms with Gasteiger partial charge in [-0.05, 0) is 33.8 Å². The first-order valence-electron chi connectivity index (χ1n) is 6.19. The Kier molecular flexibility index (Phi) is 4.97. The number of aliphatic carboxylic acids is 1. The lowest BCUT2D eigenvalue weighted by Crippen LogP contribution is -2.43. The van der Waals surface area contributed by atoms with Crippen molar-refractivity contribution in [2.45, 2.75) is 33.7 Å². The molecule has 1 unspecified atom stereocenters. The number of hydrogen-bond donors (Lipinski definition) is 2. The van der Waals surface area contributed by atoms with E-state index in [9.17, 15) is 9.59 Å². The number of carboxylic acids is 1. The van der Waals surface area contributed by atoms with Gasteiger partial charge in [-0.25, -0.2) is 4.79 Å². The summed E-state index contributed by atoms with van der Waals surface area (Å²) in [6, 6.07) is 1.25. The van der Waals surface area contributed by atoms with Gasteiger partial charge in [0.05, 0.1) is 6.04 Å². The summed E-state index contributed by atoms with van der Waals surface area (Å²) in [5.74, 6) is 0.512. The zero-order valence-electron chi connectivity index (χ0n) is 11.7. The van der Waals surface area contributed by atoms with Gasteiger partial charge in [-0.1, -0.05) is 0 Å². The number of hydrogen-bond acceptors (Lipinski definition) is 3. The fraction of sp³-hybridized carbons (Fsp3) is 0.538. The summed E-state index contributed by atoms with van der Waals surface area (Å²) in [6.45, 7) is 7.28. The molecular weight excluding hydrogens is 248 g/mol. The minimum absolute atomic E-state index is 0.229. The molecule has 0 aromatic carbocycles. The maximum Gasteiger partial charge on any atom is 0.323 e. The SMILES string of the molecule is CCN(CC(=O)O)C(=O)NC(C)c1cc(C)oc1C. The fourth-order valence-electron chi connectivity index (χ4n) is 1.93. The van der Waals surface area contributed by atoms with Gasteiger partial charge in [-0.15, -0.1) is 0 Å².